The summed E-state index contributed by atoms with van der Waals surface area (Å²) in [4.78, 5) is 19.9. The molecule has 0 unspecified atom stereocenters. The summed E-state index contributed by atoms with van der Waals surface area (Å²) in [6, 6.07) is 18.6. The van der Waals surface area contributed by atoms with E-state index >= 15 is 0 Å². The molecular formula is C22H18ClN3O3. The van der Waals surface area contributed by atoms with Crippen molar-refractivity contribution in [1.29, 1.82) is 0 Å². The minimum atomic E-state index is -1.07. The van der Waals surface area contributed by atoms with Crippen LogP contribution in [-0.2, 0) is 13.2 Å². The van der Waals surface area contributed by atoms with Gasteiger partial charge in [-0.15, -0.1) is 0 Å². The molecule has 0 saturated carbocycles. The van der Waals surface area contributed by atoms with Crippen LogP contribution >= 0.6 is 11.6 Å². The second kappa shape index (κ2) is 7.93. The highest BCUT2D eigenvalue weighted by Gasteiger charge is 2.14. The lowest BCUT2D eigenvalue weighted by Gasteiger charge is -2.11. The third-order valence-electron chi connectivity index (χ3n) is 4.60. The zero-order chi connectivity index (χ0) is 20.4. The first-order valence-electron chi connectivity index (χ1n) is 9.03. The molecule has 0 bridgehead atoms. The minimum Gasteiger partial charge on any atom is -0.489 e. The number of hydrogen-bond acceptors (Lipinski definition) is 4. The maximum Gasteiger partial charge on any atom is 0.354 e. The van der Waals surface area contributed by atoms with Crippen molar-refractivity contribution < 1.29 is 14.6 Å². The van der Waals surface area contributed by atoms with E-state index in [0.29, 0.717) is 35.1 Å². The van der Waals surface area contributed by atoms with Gasteiger partial charge in [0.15, 0.2) is 11.3 Å². The fraction of sp³-hybridized carbons (Fsp3) is 0.136. The third-order valence-corrected chi connectivity index (χ3v) is 4.96. The van der Waals surface area contributed by atoms with Crippen LogP contribution in [0.3, 0.4) is 0 Å². The number of fused-ring (bicyclic) bond motifs is 1. The number of hydrogen-bond donors (Lipinski definition) is 1. The first-order chi connectivity index (χ1) is 14.0. The van der Waals surface area contributed by atoms with Gasteiger partial charge >= 0.3 is 5.97 Å². The molecule has 0 radical (unpaired) electrons. The van der Waals surface area contributed by atoms with Crippen molar-refractivity contribution in [2.24, 2.45) is 0 Å². The van der Waals surface area contributed by atoms with E-state index in [9.17, 15) is 9.90 Å². The van der Waals surface area contributed by atoms with E-state index in [1.165, 1.54) is 6.07 Å². The molecule has 2 aromatic carbocycles. The van der Waals surface area contributed by atoms with Gasteiger partial charge in [-0.3, -0.25) is 0 Å². The largest absolute Gasteiger partial charge is 0.489 e. The van der Waals surface area contributed by atoms with Crippen molar-refractivity contribution in [3.63, 3.8) is 0 Å². The van der Waals surface area contributed by atoms with Crippen molar-refractivity contribution in [3.05, 3.63) is 88.3 Å². The van der Waals surface area contributed by atoms with Crippen LogP contribution in [0.1, 0.15) is 27.4 Å². The van der Waals surface area contributed by atoms with E-state index in [-0.39, 0.29) is 5.69 Å². The van der Waals surface area contributed by atoms with Gasteiger partial charge in [0.25, 0.3) is 0 Å². The standard InChI is InChI=1S/C22H18ClN3O3/c1-14-24-19-9-10-20(22(27)28)25-21(19)26(14)12-16-7-8-17(11-18(16)23)29-13-15-5-3-2-4-6-15/h2-11H,12-13H2,1H3,(H,27,28). The van der Waals surface area contributed by atoms with Gasteiger partial charge in [-0.25, -0.2) is 14.8 Å². The zero-order valence-electron chi connectivity index (χ0n) is 15.7. The van der Waals surface area contributed by atoms with Crippen LogP contribution < -0.4 is 4.74 Å². The lowest BCUT2D eigenvalue weighted by Crippen LogP contribution is -2.06. The highest BCUT2D eigenvalue weighted by Crippen LogP contribution is 2.26. The number of halogens is 1. The highest BCUT2D eigenvalue weighted by molar-refractivity contribution is 6.31. The summed E-state index contributed by atoms with van der Waals surface area (Å²) in [5, 5.41) is 9.77. The van der Waals surface area contributed by atoms with Crippen LogP contribution in [0.4, 0.5) is 0 Å². The summed E-state index contributed by atoms with van der Waals surface area (Å²) in [5.74, 6) is 0.340. The van der Waals surface area contributed by atoms with Crippen LogP contribution in [0.15, 0.2) is 60.7 Å². The van der Waals surface area contributed by atoms with Gasteiger partial charge in [-0.1, -0.05) is 48.0 Å². The predicted molar refractivity (Wildman–Crippen MR) is 111 cm³/mol. The monoisotopic (exact) mass is 407 g/mol. The second-order valence-electron chi connectivity index (χ2n) is 6.62. The molecule has 0 aliphatic rings. The molecule has 0 amide bonds. The Hall–Kier alpha value is -3.38. The zero-order valence-corrected chi connectivity index (χ0v) is 16.4. The van der Waals surface area contributed by atoms with Gasteiger partial charge in [0.2, 0.25) is 0 Å². The van der Waals surface area contributed by atoms with Gasteiger partial charge in [0.05, 0.1) is 6.54 Å². The molecule has 0 spiro atoms. The van der Waals surface area contributed by atoms with Crippen LogP contribution in [0.5, 0.6) is 5.75 Å². The Morgan fingerprint density at radius 1 is 1.10 bits per heavy atom. The van der Waals surface area contributed by atoms with E-state index in [0.717, 1.165) is 17.0 Å². The van der Waals surface area contributed by atoms with Crippen molar-refractivity contribution in [3.8, 4) is 5.75 Å². The lowest BCUT2D eigenvalue weighted by molar-refractivity contribution is 0.0691. The molecule has 0 atom stereocenters. The van der Waals surface area contributed by atoms with Crippen molar-refractivity contribution in [2.45, 2.75) is 20.1 Å². The predicted octanol–water partition coefficient (Wildman–Crippen LogP) is 4.72. The smallest absolute Gasteiger partial charge is 0.354 e. The Labute approximate surface area is 172 Å². The van der Waals surface area contributed by atoms with Crippen LogP contribution in [0.2, 0.25) is 5.02 Å². The summed E-state index contributed by atoms with van der Waals surface area (Å²) >= 11 is 6.49. The molecule has 146 valence electrons. The number of imidazole rings is 1. The van der Waals surface area contributed by atoms with Crippen LogP contribution in [0, 0.1) is 6.92 Å². The minimum absolute atomic E-state index is 0.0191. The Bertz CT molecular complexity index is 1190. The van der Waals surface area contributed by atoms with E-state index in [4.69, 9.17) is 16.3 Å². The van der Waals surface area contributed by atoms with Gasteiger partial charge in [-0.2, -0.15) is 0 Å². The van der Waals surface area contributed by atoms with Gasteiger partial charge in [0.1, 0.15) is 23.7 Å². The van der Waals surface area contributed by atoms with Crippen molar-refractivity contribution >= 4 is 28.7 Å². The summed E-state index contributed by atoms with van der Waals surface area (Å²) in [5.41, 5.74) is 3.08. The molecule has 0 saturated heterocycles. The normalized spacial score (nSPS) is 11.0. The SMILES string of the molecule is Cc1nc2ccc(C(=O)O)nc2n1Cc1ccc(OCc2ccccc2)cc1Cl. The molecule has 7 heteroatoms. The van der Waals surface area contributed by atoms with E-state index in [2.05, 4.69) is 9.97 Å². The summed E-state index contributed by atoms with van der Waals surface area (Å²) in [6.07, 6.45) is 0. The maximum absolute atomic E-state index is 11.2. The van der Waals surface area contributed by atoms with E-state index in [1.54, 1.807) is 12.1 Å². The highest BCUT2D eigenvalue weighted by atomic mass is 35.5. The van der Waals surface area contributed by atoms with Crippen molar-refractivity contribution in [2.75, 3.05) is 0 Å². The molecule has 0 aliphatic heterocycles. The number of aryl methyl sites for hydroxylation is 1. The number of benzene rings is 2. The van der Waals surface area contributed by atoms with E-state index < -0.39 is 5.97 Å². The number of rotatable bonds is 6. The Balaban J connectivity index is 1.57. The molecule has 29 heavy (non-hydrogen) atoms. The molecule has 0 fully saturated rings. The molecule has 1 N–H and O–H groups in total. The second-order valence-corrected chi connectivity index (χ2v) is 7.02. The Morgan fingerprint density at radius 3 is 2.62 bits per heavy atom. The van der Waals surface area contributed by atoms with Gasteiger partial charge < -0.3 is 14.4 Å². The fourth-order valence-electron chi connectivity index (χ4n) is 3.08. The number of pyridine rings is 1. The van der Waals surface area contributed by atoms with Crippen LogP contribution in [0.25, 0.3) is 11.2 Å². The number of carboxylic acid groups (broad SMARTS) is 1. The van der Waals surface area contributed by atoms with Crippen LogP contribution in [-0.4, -0.2) is 25.6 Å². The fourth-order valence-corrected chi connectivity index (χ4v) is 3.31. The third kappa shape index (κ3) is 4.07. The summed E-state index contributed by atoms with van der Waals surface area (Å²) in [6.45, 7) is 2.74. The van der Waals surface area contributed by atoms with E-state index in [1.807, 2.05) is 54.0 Å². The number of carboxylic acids is 1. The first kappa shape index (κ1) is 19.0. The molecule has 6 nitrogen and oxygen atoms in total. The molecule has 4 aromatic rings. The quantitative estimate of drug-likeness (QED) is 0.500. The summed E-state index contributed by atoms with van der Waals surface area (Å²) < 4.78 is 7.67. The molecule has 4 rings (SSSR count). The number of carbonyl (C=O) groups is 1. The number of nitrogens with zero attached hydrogens (tertiary/aromatic N) is 3. The molecule has 2 aromatic heterocycles. The first-order valence-corrected chi connectivity index (χ1v) is 9.41. The van der Waals surface area contributed by atoms with Crippen molar-refractivity contribution in [1.82, 2.24) is 14.5 Å². The maximum atomic E-state index is 11.2. The van der Waals surface area contributed by atoms with Gasteiger partial charge in [0, 0.05) is 5.02 Å². The average Bonchev–Trinajstić information content (AvgIpc) is 3.03. The topological polar surface area (TPSA) is 77.2 Å². The number of aromatic nitrogens is 3. The number of aromatic carboxylic acids is 1. The Morgan fingerprint density at radius 2 is 1.90 bits per heavy atom. The average molecular weight is 408 g/mol. The summed E-state index contributed by atoms with van der Waals surface area (Å²) in [7, 11) is 0. The van der Waals surface area contributed by atoms with Gasteiger partial charge in [-0.05, 0) is 42.3 Å². The Kier molecular flexibility index (Phi) is 5.18. The number of ether oxygens (including phenoxy) is 1. The molecule has 2 heterocycles. The lowest BCUT2D eigenvalue weighted by atomic mass is 10.2. The molecular weight excluding hydrogens is 390 g/mol. The molecule has 0 aliphatic carbocycles.